The number of hydrogen-bond acceptors (Lipinski definition) is 5. The maximum Gasteiger partial charge on any atom is 0.138 e. The smallest absolute Gasteiger partial charge is 0.138 e. The number of aromatic nitrogens is 2. The zero-order chi connectivity index (χ0) is 13.8. The van der Waals surface area contributed by atoms with Gasteiger partial charge in [0, 0.05) is 38.3 Å². The average Bonchev–Trinajstić information content (AvgIpc) is 2.39. The second kappa shape index (κ2) is 6.50. The third kappa shape index (κ3) is 3.35. The van der Waals surface area contributed by atoms with Crippen LogP contribution in [-0.4, -0.2) is 59.3 Å². The molecule has 1 N–H and O–H groups in total. The molecule has 106 valence electrons. The van der Waals surface area contributed by atoms with E-state index in [1.165, 1.54) is 6.33 Å². The molecule has 1 aromatic heterocycles. The second-order valence-corrected chi connectivity index (χ2v) is 5.47. The molecule has 0 atom stereocenters. The summed E-state index contributed by atoms with van der Waals surface area (Å²) in [7, 11) is 0. The minimum Gasteiger partial charge on any atom is -0.395 e. The number of rotatable bonds is 4. The first-order valence-electron chi connectivity index (χ1n) is 6.72. The summed E-state index contributed by atoms with van der Waals surface area (Å²) in [4.78, 5) is 13.0. The van der Waals surface area contributed by atoms with Gasteiger partial charge in [-0.25, -0.2) is 9.97 Å². The van der Waals surface area contributed by atoms with E-state index in [-0.39, 0.29) is 6.61 Å². The molecule has 1 aliphatic heterocycles. The monoisotopic (exact) mass is 284 g/mol. The van der Waals surface area contributed by atoms with Gasteiger partial charge < -0.3 is 10.0 Å². The van der Waals surface area contributed by atoms with Gasteiger partial charge in [0.2, 0.25) is 0 Å². The third-order valence-corrected chi connectivity index (χ3v) is 3.78. The van der Waals surface area contributed by atoms with Crippen molar-refractivity contribution in [2.75, 3.05) is 44.2 Å². The van der Waals surface area contributed by atoms with Crippen LogP contribution in [0.25, 0.3) is 0 Å². The molecule has 19 heavy (non-hydrogen) atoms. The normalized spacial score (nSPS) is 17.2. The molecule has 1 saturated heterocycles. The van der Waals surface area contributed by atoms with Gasteiger partial charge in [-0.1, -0.05) is 25.4 Å². The van der Waals surface area contributed by atoms with Crippen molar-refractivity contribution in [3.63, 3.8) is 0 Å². The van der Waals surface area contributed by atoms with Crippen LogP contribution in [0.15, 0.2) is 6.33 Å². The van der Waals surface area contributed by atoms with Crippen LogP contribution in [0.1, 0.15) is 25.3 Å². The molecular weight excluding hydrogens is 264 g/mol. The Balaban J connectivity index is 2.13. The Bertz CT molecular complexity index is 419. The Hall–Kier alpha value is -0.910. The highest BCUT2D eigenvalue weighted by molar-refractivity contribution is 6.30. The second-order valence-electron chi connectivity index (χ2n) is 5.11. The number of halogens is 1. The van der Waals surface area contributed by atoms with Gasteiger partial charge in [-0.05, 0) is 5.92 Å². The Kier molecular flexibility index (Phi) is 4.96. The zero-order valence-electron chi connectivity index (χ0n) is 11.5. The molecular formula is C13H21ClN4O. The van der Waals surface area contributed by atoms with E-state index in [9.17, 15) is 0 Å². The van der Waals surface area contributed by atoms with Crippen LogP contribution in [0.2, 0.25) is 5.15 Å². The molecule has 0 bridgehead atoms. The highest BCUT2D eigenvalue weighted by atomic mass is 35.5. The van der Waals surface area contributed by atoms with Gasteiger partial charge in [0.05, 0.1) is 6.61 Å². The van der Waals surface area contributed by atoms with E-state index in [4.69, 9.17) is 16.7 Å². The van der Waals surface area contributed by atoms with Crippen molar-refractivity contribution in [2.24, 2.45) is 0 Å². The molecule has 5 nitrogen and oxygen atoms in total. The Morgan fingerprint density at radius 1 is 1.26 bits per heavy atom. The lowest BCUT2D eigenvalue weighted by Gasteiger charge is -2.36. The Morgan fingerprint density at radius 2 is 1.95 bits per heavy atom. The van der Waals surface area contributed by atoms with Gasteiger partial charge >= 0.3 is 0 Å². The number of β-amino-alcohol motifs (C(OH)–C–C–N with tert-alkyl or cyclic N) is 1. The first-order chi connectivity index (χ1) is 9.13. The summed E-state index contributed by atoms with van der Waals surface area (Å²) in [5.74, 6) is 1.26. The van der Waals surface area contributed by atoms with Crippen LogP contribution < -0.4 is 4.90 Å². The fraction of sp³-hybridized carbons (Fsp3) is 0.692. The van der Waals surface area contributed by atoms with Gasteiger partial charge in [-0.3, -0.25) is 4.90 Å². The van der Waals surface area contributed by atoms with Crippen LogP contribution in [0.3, 0.4) is 0 Å². The average molecular weight is 285 g/mol. The number of piperazine rings is 1. The third-order valence-electron chi connectivity index (χ3n) is 3.48. The molecule has 2 heterocycles. The maximum atomic E-state index is 8.96. The minimum absolute atomic E-state index is 0.219. The summed E-state index contributed by atoms with van der Waals surface area (Å²) in [5.41, 5.74) is 1.03. The summed E-state index contributed by atoms with van der Waals surface area (Å²) < 4.78 is 0. The molecule has 0 aromatic carbocycles. The Labute approximate surface area is 119 Å². The van der Waals surface area contributed by atoms with E-state index >= 15 is 0 Å². The first kappa shape index (κ1) is 14.5. The standard InChI is InChI=1S/C13H21ClN4O/c1-10(2)11-12(14)15-9-16-13(11)18-5-3-17(4-6-18)7-8-19/h9-10,19H,3-8H2,1-2H3. The van der Waals surface area contributed by atoms with E-state index in [0.717, 1.165) is 44.1 Å². The van der Waals surface area contributed by atoms with E-state index in [1.807, 2.05) is 0 Å². The largest absolute Gasteiger partial charge is 0.395 e. The molecule has 1 aromatic rings. The number of anilines is 1. The van der Waals surface area contributed by atoms with Gasteiger partial charge in [0.25, 0.3) is 0 Å². The van der Waals surface area contributed by atoms with E-state index in [2.05, 4.69) is 33.6 Å². The van der Waals surface area contributed by atoms with E-state index in [1.54, 1.807) is 0 Å². The van der Waals surface area contributed by atoms with Crippen LogP contribution in [-0.2, 0) is 0 Å². The van der Waals surface area contributed by atoms with Crippen molar-refractivity contribution in [2.45, 2.75) is 19.8 Å². The summed E-state index contributed by atoms with van der Waals surface area (Å²) in [6.45, 7) is 8.89. The summed E-state index contributed by atoms with van der Waals surface area (Å²) in [5, 5.41) is 9.51. The highest BCUT2D eigenvalue weighted by Crippen LogP contribution is 2.30. The van der Waals surface area contributed by atoms with Gasteiger partial charge in [0.1, 0.15) is 17.3 Å². The molecule has 6 heteroatoms. The van der Waals surface area contributed by atoms with Crippen molar-refractivity contribution in [1.82, 2.24) is 14.9 Å². The van der Waals surface area contributed by atoms with Crippen molar-refractivity contribution in [3.8, 4) is 0 Å². The van der Waals surface area contributed by atoms with Crippen LogP contribution in [0.5, 0.6) is 0 Å². The first-order valence-corrected chi connectivity index (χ1v) is 7.09. The van der Waals surface area contributed by atoms with Gasteiger partial charge in [-0.2, -0.15) is 0 Å². The van der Waals surface area contributed by atoms with E-state index < -0.39 is 0 Å². The molecule has 2 rings (SSSR count). The molecule has 1 aliphatic rings. The van der Waals surface area contributed by atoms with Crippen LogP contribution in [0, 0.1) is 0 Å². The predicted molar refractivity (Wildman–Crippen MR) is 76.9 cm³/mol. The fourth-order valence-corrected chi connectivity index (χ4v) is 2.79. The SMILES string of the molecule is CC(C)c1c(Cl)ncnc1N1CCN(CCO)CC1. The summed E-state index contributed by atoms with van der Waals surface area (Å²) in [6.07, 6.45) is 1.53. The summed E-state index contributed by atoms with van der Waals surface area (Å²) in [6, 6.07) is 0. The molecule has 0 amide bonds. The summed E-state index contributed by atoms with van der Waals surface area (Å²) >= 11 is 6.20. The highest BCUT2D eigenvalue weighted by Gasteiger charge is 2.22. The molecule has 0 saturated carbocycles. The lowest BCUT2D eigenvalue weighted by Crippen LogP contribution is -2.47. The number of aliphatic hydroxyl groups is 1. The number of hydrogen-bond donors (Lipinski definition) is 1. The number of aliphatic hydroxyl groups excluding tert-OH is 1. The van der Waals surface area contributed by atoms with Crippen LogP contribution in [0.4, 0.5) is 5.82 Å². The molecule has 1 fully saturated rings. The number of nitrogens with zero attached hydrogens (tertiary/aromatic N) is 4. The molecule has 0 aliphatic carbocycles. The van der Waals surface area contributed by atoms with Gasteiger partial charge in [-0.15, -0.1) is 0 Å². The lowest BCUT2D eigenvalue weighted by atomic mass is 10.1. The fourth-order valence-electron chi connectivity index (χ4n) is 2.44. The molecule has 0 unspecified atom stereocenters. The van der Waals surface area contributed by atoms with E-state index in [0.29, 0.717) is 11.1 Å². The Morgan fingerprint density at radius 3 is 2.53 bits per heavy atom. The minimum atomic E-state index is 0.219. The molecule has 0 spiro atoms. The van der Waals surface area contributed by atoms with Gasteiger partial charge in [0.15, 0.2) is 0 Å². The van der Waals surface area contributed by atoms with Crippen molar-refractivity contribution in [3.05, 3.63) is 17.0 Å². The predicted octanol–water partition coefficient (Wildman–Crippen LogP) is 1.37. The topological polar surface area (TPSA) is 52.5 Å². The van der Waals surface area contributed by atoms with Crippen molar-refractivity contribution >= 4 is 17.4 Å². The maximum absolute atomic E-state index is 8.96. The van der Waals surface area contributed by atoms with Crippen LogP contribution >= 0.6 is 11.6 Å². The lowest BCUT2D eigenvalue weighted by molar-refractivity contribution is 0.188. The van der Waals surface area contributed by atoms with Crippen molar-refractivity contribution in [1.29, 1.82) is 0 Å². The zero-order valence-corrected chi connectivity index (χ0v) is 12.3. The molecule has 0 radical (unpaired) electrons. The van der Waals surface area contributed by atoms with Crippen molar-refractivity contribution < 1.29 is 5.11 Å². The quantitative estimate of drug-likeness (QED) is 0.847.